The maximum Gasteiger partial charge on any atom is 0.337 e. The largest absolute Gasteiger partial charge is 0.465 e. The van der Waals surface area contributed by atoms with Crippen LogP contribution in [-0.2, 0) is 4.74 Å². The van der Waals surface area contributed by atoms with Crippen LogP contribution < -0.4 is 9.79 Å². The van der Waals surface area contributed by atoms with Crippen LogP contribution in [0.25, 0.3) is 0 Å². The van der Waals surface area contributed by atoms with E-state index in [2.05, 4.69) is 4.89 Å². The van der Waals surface area contributed by atoms with Gasteiger partial charge in [0.2, 0.25) is 0 Å². The molecule has 0 amide bonds. The summed E-state index contributed by atoms with van der Waals surface area (Å²) in [5.41, 5.74) is 0.360. The van der Waals surface area contributed by atoms with Gasteiger partial charge in [-0.25, -0.2) is 10.1 Å². The highest BCUT2D eigenvalue weighted by Crippen LogP contribution is 2.35. The van der Waals surface area contributed by atoms with Crippen molar-refractivity contribution >= 4 is 11.7 Å². The van der Waals surface area contributed by atoms with Crippen molar-refractivity contribution < 1.29 is 24.8 Å². The van der Waals surface area contributed by atoms with Crippen molar-refractivity contribution in [2.75, 3.05) is 25.1 Å². The number of carbonyl (C=O) groups is 1. The Morgan fingerprint density at radius 3 is 2.45 bits per heavy atom. The van der Waals surface area contributed by atoms with Gasteiger partial charge in [0.15, 0.2) is 5.75 Å². The lowest BCUT2D eigenvalue weighted by Crippen LogP contribution is -2.42. The summed E-state index contributed by atoms with van der Waals surface area (Å²) in [6, 6.07) is 4.75. The van der Waals surface area contributed by atoms with Crippen LogP contribution in [0.2, 0.25) is 0 Å². The predicted molar refractivity (Wildman–Crippen MR) is 82.3 cm³/mol. The Morgan fingerprint density at radius 1 is 1.32 bits per heavy atom. The topological polar surface area (TPSA) is 79.2 Å². The molecule has 1 fully saturated rings. The lowest BCUT2D eigenvalue weighted by Gasteiger charge is -2.39. The van der Waals surface area contributed by atoms with Gasteiger partial charge in [0, 0.05) is 13.1 Å². The van der Waals surface area contributed by atoms with Gasteiger partial charge in [0.25, 0.3) is 0 Å². The molecule has 2 rings (SSSR count). The Morgan fingerprint density at radius 2 is 1.95 bits per heavy atom. The number of esters is 1. The average molecular weight is 309 g/mol. The number of rotatable bonds is 4. The molecule has 2 N–H and O–H groups in total. The first-order valence-electron chi connectivity index (χ1n) is 7.38. The minimum atomic E-state index is -0.698. The van der Waals surface area contributed by atoms with Crippen LogP contribution in [0.5, 0.6) is 5.75 Å². The minimum Gasteiger partial charge on any atom is -0.465 e. The monoisotopic (exact) mass is 309 g/mol. The second-order valence-electron chi connectivity index (χ2n) is 6.18. The molecule has 0 bridgehead atoms. The Hall–Kier alpha value is -1.79. The molecule has 0 unspecified atom stereocenters. The molecule has 0 aliphatic carbocycles. The second kappa shape index (κ2) is 6.54. The third-order valence-electron chi connectivity index (χ3n) is 4.31. The number of aliphatic hydroxyl groups is 1. The van der Waals surface area contributed by atoms with Crippen LogP contribution in [0.15, 0.2) is 18.2 Å². The molecule has 0 radical (unpaired) electrons. The Balaban J connectivity index is 2.20. The van der Waals surface area contributed by atoms with Crippen molar-refractivity contribution in [3.63, 3.8) is 0 Å². The average Bonchev–Trinajstić information content (AvgIpc) is 2.52. The highest BCUT2D eigenvalue weighted by Gasteiger charge is 2.31. The quantitative estimate of drug-likeness (QED) is 0.505. The van der Waals surface area contributed by atoms with Crippen molar-refractivity contribution in [2.45, 2.75) is 32.3 Å². The first-order valence-corrected chi connectivity index (χ1v) is 7.38. The molecule has 1 aliphatic heterocycles. The summed E-state index contributed by atoms with van der Waals surface area (Å²) in [6.07, 6.45) is 1.66. The molecule has 1 aliphatic rings. The van der Waals surface area contributed by atoms with Gasteiger partial charge in [-0.2, -0.15) is 0 Å². The fourth-order valence-electron chi connectivity index (χ4n) is 2.91. The lowest BCUT2D eigenvalue weighted by atomic mass is 9.83. The maximum absolute atomic E-state index is 11.7. The van der Waals surface area contributed by atoms with Gasteiger partial charge in [-0.05, 0) is 50.8 Å². The van der Waals surface area contributed by atoms with Gasteiger partial charge in [-0.15, -0.1) is 0 Å². The van der Waals surface area contributed by atoms with Crippen LogP contribution in [-0.4, -0.2) is 42.1 Å². The smallest absolute Gasteiger partial charge is 0.337 e. The van der Waals surface area contributed by atoms with Gasteiger partial charge in [0.05, 0.1) is 24.0 Å². The summed E-state index contributed by atoms with van der Waals surface area (Å²) >= 11 is 0. The molecular weight excluding hydrogens is 286 g/mol. The zero-order valence-corrected chi connectivity index (χ0v) is 13.2. The Labute approximate surface area is 130 Å². The van der Waals surface area contributed by atoms with Gasteiger partial charge >= 0.3 is 5.97 Å². The van der Waals surface area contributed by atoms with E-state index in [1.807, 2.05) is 18.7 Å². The van der Waals surface area contributed by atoms with Crippen molar-refractivity contribution in [2.24, 2.45) is 5.92 Å². The summed E-state index contributed by atoms with van der Waals surface area (Å²) in [4.78, 5) is 18.1. The summed E-state index contributed by atoms with van der Waals surface area (Å²) in [6.45, 7) is 5.09. The molecule has 6 heteroatoms. The number of carbonyl (C=O) groups excluding carboxylic acids is 1. The first-order chi connectivity index (χ1) is 10.4. The molecule has 0 aromatic heterocycles. The normalized spacial score (nSPS) is 16.5. The third-order valence-corrected chi connectivity index (χ3v) is 4.31. The molecule has 0 atom stereocenters. The van der Waals surface area contributed by atoms with Crippen molar-refractivity contribution in [1.82, 2.24) is 0 Å². The molecule has 1 aromatic carbocycles. The van der Waals surface area contributed by atoms with Crippen LogP contribution in [0.4, 0.5) is 5.69 Å². The number of anilines is 1. The minimum absolute atomic E-state index is 0.228. The fourth-order valence-corrected chi connectivity index (χ4v) is 2.91. The summed E-state index contributed by atoms with van der Waals surface area (Å²) in [7, 11) is 1.33. The zero-order valence-electron chi connectivity index (χ0n) is 13.2. The van der Waals surface area contributed by atoms with Crippen LogP contribution in [0.3, 0.4) is 0 Å². The van der Waals surface area contributed by atoms with Crippen LogP contribution in [0, 0.1) is 5.92 Å². The molecule has 6 nitrogen and oxygen atoms in total. The highest BCUT2D eigenvalue weighted by molar-refractivity contribution is 5.91. The second-order valence-corrected chi connectivity index (χ2v) is 6.18. The van der Waals surface area contributed by atoms with E-state index in [1.54, 1.807) is 18.2 Å². The van der Waals surface area contributed by atoms with Crippen molar-refractivity contribution in [1.29, 1.82) is 0 Å². The predicted octanol–water partition coefficient (Wildman–Crippen LogP) is 2.31. The van der Waals surface area contributed by atoms with E-state index in [-0.39, 0.29) is 5.92 Å². The van der Waals surface area contributed by atoms with E-state index in [4.69, 9.17) is 9.99 Å². The summed E-state index contributed by atoms with van der Waals surface area (Å²) in [5, 5.41) is 19.1. The first kappa shape index (κ1) is 16.6. The molecule has 1 heterocycles. The van der Waals surface area contributed by atoms with Crippen molar-refractivity contribution in [3.05, 3.63) is 23.8 Å². The molecule has 0 spiro atoms. The number of methoxy groups -OCH3 is 1. The van der Waals surface area contributed by atoms with E-state index in [9.17, 15) is 9.90 Å². The molecule has 1 saturated heterocycles. The molecule has 0 saturated carbocycles. The summed E-state index contributed by atoms with van der Waals surface area (Å²) in [5.74, 6) is 0.0949. The highest BCUT2D eigenvalue weighted by atomic mass is 17.1. The molecule has 22 heavy (non-hydrogen) atoms. The Bertz CT molecular complexity index is 530. The van der Waals surface area contributed by atoms with Gasteiger partial charge in [-0.3, -0.25) is 0 Å². The van der Waals surface area contributed by atoms with E-state index < -0.39 is 11.6 Å². The summed E-state index contributed by atoms with van der Waals surface area (Å²) < 4.78 is 4.72. The van der Waals surface area contributed by atoms with Gasteiger partial charge in [-0.1, -0.05) is 0 Å². The van der Waals surface area contributed by atoms with E-state index in [1.165, 1.54) is 7.11 Å². The third kappa shape index (κ3) is 3.51. The number of piperidine rings is 1. The lowest BCUT2D eigenvalue weighted by molar-refractivity contribution is -0.137. The Kier molecular flexibility index (Phi) is 4.93. The maximum atomic E-state index is 11.7. The number of benzene rings is 1. The number of hydrogen-bond acceptors (Lipinski definition) is 6. The number of ether oxygens (including phenoxy) is 1. The molecular formula is C16H23NO5. The fraction of sp³-hybridized carbons (Fsp3) is 0.562. The van der Waals surface area contributed by atoms with Crippen molar-refractivity contribution in [3.8, 4) is 5.75 Å². The van der Waals surface area contributed by atoms with Gasteiger partial charge < -0.3 is 19.6 Å². The molecule has 122 valence electrons. The van der Waals surface area contributed by atoms with Crippen LogP contribution in [0.1, 0.15) is 37.0 Å². The van der Waals surface area contributed by atoms with E-state index in [0.717, 1.165) is 25.9 Å². The van der Waals surface area contributed by atoms with E-state index >= 15 is 0 Å². The molecule has 1 aromatic rings. The van der Waals surface area contributed by atoms with E-state index in [0.29, 0.717) is 17.0 Å². The van der Waals surface area contributed by atoms with Gasteiger partial charge in [0.1, 0.15) is 0 Å². The SMILES string of the molecule is COC(=O)c1ccc(OO)c(N2CCC(C(C)(C)O)CC2)c1. The van der Waals surface area contributed by atoms with Crippen LogP contribution >= 0.6 is 0 Å². The zero-order chi connectivity index (χ0) is 16.3. The number of hydrogen-bond donors (Lipinski definition) is 2. The standard InChI is InChI=1S/C16H23NO5/c1-16(2,19)12-6-8-17(9-7-12)13-10-11(15(18)21-3)4-5-14(13)22-20/h4-5,10,12,19-20H,6-9H2,1-3H3. The number of nitrogens with zero attached hydrogens (tertiary/aromatic N) is 1.